The fraction of sp³-hybridized carbons (Fsp3) is 0. The van der Waals surface area contributed by atoms with Crippen LogP contribution in [-0.4, -0.2) is 0 Å². The SMILES string of the molecule is N#C[NH-].[Au].[C-]#N.[C-]#N.[C-]#N. The van der Waals surface area contributed by atoms with E-state index >= 15 is 0 Å². The summed E-state index contributed by atoms with van der Waals surface area (Å²) in [6, 6.07) is 0. The van der Waals surface area contributed by atoms with Gasteiger partial charge in [0.15, 0.2) is 0 Å². The van der Waals surface area contributed by atoms with Gasteiger partial charge in [-0.2, -0.15) is 0 Å². The molecule has 0 aromatic carbocycles. The minimum absolute atomic E-state index is 0. The predicted molar refractivity (Wildman–Crippen MR) is 24.8 cm³/mol. The molecule has 0 fully saturated rings. The fourth-order valence-electron chi connectivity index (χ4n) is 0. The summed E-state index contributed by atoms with van der Waals surface area (Å²) in [6.07, 6.45) is 1.00. The Labute approximate surface area is 75.4 Å². The molecule has 57 valence electrons. The van der Waals surface area contributed by atoms with Crippen LogP contribution in [0.4, 0.5) is 0 Å². The first-order valence-corrected chi connectivity index (χ1v) is 1.14. The van der Waals surface area contributed by atoms with Gasteiger partial charge >= 0.3 is 0 Å². The second-order valence-corrected chi connectivity index (χ2v) is 0.112. The molecule has 0 amide bonds. The van der Waals surface area contributed by atoms with Gasteiger partial charge in [-0.25, -0.2) is 0 Å². The van der Waals surface area contributed by atoms with Crippen LogP contribution in [0, 0.1) is 47.0 Å². The average molecular weight is 316 g/mol. The maximum absolute atomic E-state index is 6.99. The molecular weight excluding hydrogens is 315 g/mol. The third-order valence-electron chi connectivity index (χ3n) is 0. The van der Waals surface area contributed by atoms with Crippen molar-refractivity contribution in [3.8, 4) is 6.19 Å². The van der Waals surface area contributed by atoms with Gasteiger partial charge in [0, 0.05) is 22.4 Å². The minimum Gasteiger partial charge on any atom is -0.512 e. The van der Waals surface area contributed by atoms with E-state index in [1.54, 1.807) is 0 Å². The molecule has 0 aliphatic rings. The summed E-state index contributed by atoms with van der Waals surface area (Å²) < 4.78 is 0. The van der Waals surface area contributed by atoms with Gasteiger partial charge in [-0.3, -0.25) is 0 Å². The van der Waals surface area contributed by atoms with Crippen molar-refractivity contribution in [2.75, 3.05) is 0 Å². The molecule has 0 heterocycles. The fourth-order valence-corrected chi connectivity index (χ4v) is 0. The van der Waals surface area contributed by atoms with Crippen LogP contribution in [-0.2, 0) is 22.4 Å². The Morgan fingerprint density at radius 2 is 0.900 bits per heavy atom. The Morgan fingerprint density at radius 1 is 0.900 bits per heavy atom. The second-order valence-electron chi connectivity index (χ2n) is 0.112. The van der Waals surface area contributed by atoms with Crippen LogP contribution in [0.25, 0.3) is 5.73 Å². The zero-order chi connectivity index (χ0) is 8.71. The van der Waals surface area contributed by atoms with Crippen LogP contribution in [0.3, 0.4) is 0 Å². The Morgan fingerprint density at radius 3 is 0.900 bits per heavy atom. The largest absolute Gasteiger partial charge is 0.512 e. The van der Waals surface area contributed by atoms with Crippen molar-refractivity contribution in [1.82, 2.24) is 0 Å². The van der Waals surface area contributed by atoms with Crippen molar-refractivity contribution in [3.05, 3.63) is 25.5 Å². The van der Waals surface area contributed by atoms with Gasteiger partial charge in [0.2, 0.25) is 0 Å². The second kappa shape index (κ2) is 1270. The van der Waals surface area contributed by atoms with E-state index in [0.717, 1.165) is 6.19 Å². The quantitative estimate of drug-likeness (QED) is 0.373. The van der Waals surface area contributed by atoms with Gasteiger partial charge in [0.25, 0.3) is 0 Å². The van der Waals surface area contributed by atoms with Crippen molar-refractivity contribution in [1.29, 1.82) is 21.0 Å². The van der Waals surface area contributed by atoms with Crippen LogP contribution >= 0.6 is 0 Å². The molecule has 1 N–H and O–H groups in total. The normalized spacial score (nSPS) is 1.30. The topological polar surface area (TPSA) is 119 Å². The van der Waals surface area contributed by atoms with Crippen LogP contribution < -0.4 is 0 Å². The number of nitrogens with zero attached hydrogens (tertiary/aromatic N) is 4. The molecule has 0 spiro atoms. The maximum Gasteiger partial charge on any atom is 0 e. The summed E-state index contributed by atoms with van der Waals surface area (Å²) in [5.41, 5.74) is 5.51. The van der Waals surface area contributed by atoms with E-state index in [1.807, 2.05) is 0 Å². The molecule has 0 aliphatic carbocycles. The molecule has 0 saturated carbocycles. The van der Waals surface area contributed by atoms with Gasteiger partial charge in [-0.15, -0.1) is 0 Å². The van der Waals surface area contributed by atoms with Gasteiger partial charge in [0.05, 0.1) is 0 Å². The van der Waals surface area contributed by atoms with E-state index < -0.39 is 0 Å². The number of nitrogens with one attached hydrogen (secondary N) is 1. The molecule has 6 heteroatoms. The molecule has 0 atom stereocenters. The minimum atomic E-state index is 0. The van der Waals surface area contributed by atoms with Crippen molar-refractivity contribution in [2.45, 2.75) is 0 Å². The molecule has 0 unspecified atom stereocenters. The zero-order valence-corrected chi connectivity index (χ0v) is 6.76. The molecule has 0 saturated heterocycles. The molecule has 5 nitrogen and oxygen atoms in total. The molecule has 0 aliphatic heterocycles. The van der Waals surface area contributed by atoms with Crippen LogP contribution in [0.5, 0.6) is 0 Å². The van der Waals surface area contributed by atoms with Gasteiger partial charge in [0.1, 0.15) is 0 Å². The van der Waals surface area contributed by atoms with E-state index in [9.17, 15) is 0 Å². The molecule has 0 bridgehead atoms. The molecule has 0 aromatic heterocycles. The van der Waals surface area contributed by atoms with Gasteiger partial charge in [-0.05, 0) is 0 Å². The van der Waals surface area contributed by atoms with E-state index in [0.29, 0.717) is 0 Å². The standard InChI is InChI=1S/CHN2.3CN.Au/c2-1-3;3*1-2;/h2H;;;;/q4*-1;. The Kier molecular flexibility index (Phi) is 4950. The first-order chi connectivity index (χ1) is 4.41. The molecule has 10 heavy (non-hydrogen) atoms. The summed E-state index contributed by atoms with van der Waals surface area (Å²) >= 11 is 0. The van der Waals surface area contributed by atoms with Gasteiger partial charge < -0.3 is 46.5 Å². The summed E-state index contributed by atoms with van der Waals surface area (Å²) in [5, 5.41) is 25.7. The molecular formula is C4HAuN5-4. The third kappa shape index (κ3) is 87.4. The van der Waals surface area contributed by atoms with Crippen molar-refractivity contribution >= 4 is 0 Å². The van der Waals surface area contributed by atoms with Crippen LogP contribution in [0.1, 0.15) is 0 Å². The summed E-state index contributed by atoms with van der Waals surface area (Å²) in [6.45, 7) is 14.2. The Hall–Kier alpha value is -1.50. The third-order valence-corrected chi connectivity index (χ3v) is 0. The Bertz CT molecular complexity index is 92.8. The number of nitriles is 1. The average Bonchev–Trinajstić information content (AvgIpc) is 2.01. The monoisotopic (exact) mass is 316 g/mol. The summed E-state index contributed by atoms with van der Waals surface area (Å²) in [4.78, 5) is 0. The first kappa shape index (κ1) is 39.0. The zero-order valence-electron chi connectivity index (χ0n) is 4.59. The van der Waals surface area contributed by atoms with Crippen molar-refractivity contribution in [3.63, 3.8) is 0 Å². The molecule has 0 rings (SSSR count). The van der Waals surface area contributed by atoms with E-state index in [2.05, 4.69) is 0 Å². The maximum atomic E-state index is 6.99. The van der Waals surface area contributed by atoms with Crippen molar-refractivity contribution < 1.29 is 22.4 Å². The predicted octanol–water partition coefficient (Wildman–Crippen LogP) is 0.806. The molecule has 1 radical (unpaired) electrons. The first-order valence-electron chi connectivity index (χ1n) is 1.14. The Balaban J connectivity index is -0.0000000110. The van der Waals surface area contributed by atoms with Gasteiger partial charge in [-0.1, -0.05) is 6.19 Å². The summed E-state index contributed by atoms with van der Waals surface area (Å²) in [5.74, 6) is 0. The van der Waals surface area contributed by atoms with E-state index in [-0.39, 0.29) is 22.4 Å². The van der Waals surface area contributed by atoms with Crippen LogP contribution in [0.2, 0.25) is 0 Å². The van der Waals surface area contributed by atoms with E-state index in [4.69, 9.17) is 46.5 Å². The molecule has 0 aromatic rings. The van der Waals surface area contributed by atoms with E-state index in [1.165, 1.54) is 0 Å². The smallest absolute Gasteiger partial charge is 0 e. The number of rotatable bonds is 0. The number of hydrogen-bond acceptors (Lipinski definition) is 4. The number of hydrogen-bond donors (Lipinski definition) is 0. The van der Waals surface area contributed by atoms with Crippen molar-refractivity contribution in [2.24, 2.45) is 0 Å². The summed E-state index contributed by atoms with van der Waals surface area (Å²) in [7, 11) is 0. The van der Waals surface area contributed by atoms with Crippen LogP contribution in [0.15, 0.2) is 0 Å².